The number of hydrogen-bond acceptors (Lipinski definition) is 4. The Labute approximate surface area is 238 Å². The Hall–Kier alpha value is -3.24. The maximum atomic E-state index is 13.9. The van der Waals surface area contributed by atoms with E-state index < -0.39 is 34.3 Å². The Bertz CT molecular complexity index is 1380. The molecule has 208 valence electrons. The number of benzene rings is 3. The Morgan fingerprint density at radius 1 is 1.00 bits per heavy atom. The van der Waals surface area contributed by atoms with E-state index in [1.165, 1.54) is 29.2 Å². The molecule has 3 aromatic carbocycles. The Balaban J connectivity index is 2.04. The fraction of sp³-hybridized carbons (Fsp3) is 0.310. The van der Waals surface area contributed by atoms with E-state index >= 15 is 0 Å². The Morgan fingerprint density at radius 2 is 1.67 bits per heavy atom. The van der Waals surface area contributed by atoms with Crippen LogP contribution in [0.3, 0.4) is 0 Å². The van der Waals surface area contributed by atoms with E-state index in [1.807, 2.05) is 13.8 Å². The number of rotatable bonds is 12. The number of aryl methyl sites for hydroxylation is 1. The summed E-state index contributed by atoms with van der Waals surface area (Å²) in [5.41, 5.74) is 1.80. The molecule has 3 rings (SSSR count). The van der Waals surface area contributed by atoms with E-state index in [-0.39, 0.29) is 17.3 Å². The van der Waals surface area contributed by atoms with Crippen LogP contribution >= 0.6 is 15.9 Å². The molecule has 3 aromatic rings. The zero-order valence-corrected chi connectivity index (χ0v) is 24.6. The van der Waals surface area contributed by atoms with Crippen molar-refractivity contribution >= 4 is 43.5 Å². The van der Waals surface area contributed by atoms with Crippen molar-refractivity contribution in [2.75, 3.05) is 17.4 Å². The van der Waals surface area contributed by atoms with Crippen molar-refractivity contribution in [3.05, 3.63) is 94.2 Å². The second kappa shape index (κ2) is 13.7. The van der Waals surface area contributed by atoms with Crippen LogP contribution in [-0.4, -0.2) is 44.3 Å². The van der Waals surface area contributed by atoms with Gasteiger partial charge in [0, 0.05) is 17.6 Å². The predicted octanol–water partition coefficient (Wildman–Crippen LogP) is 5.43. The molecule has 0 radical (unpaired) electrons. The van der Waals surface area contributed by atoms with Crippen molar-refractivity contribution < 1.29 is 22.4 Å². The summed E-state index contributed by atoms with van der Waals surface area (Å²) in [4.78, 5) is 28.4. The quantitative estimate of drug-likeness (QED) is 0.294. The van der Waals surface area contributed by atoms with E-state index in [4.69, 9.17) is 0 Å². The van der Waals surface area contributed by atoms with Crippen molar-refractivity contribution in [2.24, 2.45) is 0 Å². The number of carbonyl (C=O) groups is 2. The minimum absolute atomic E-state index is 0.00800. The van der Waals surface area contributed by atoms with Crippen molar-refractivity contribution in [3.63, 3.8) is 0 Å². The standard InChI is InChI=1S/C29H33BrFN3O4S/c1-4-17-32-29(36)27(5-2)33(19-22-11-13-24(31)14-12-22)28(35)20-34(25-8-6-7-23(30)18-25)39(37,38)26-15-9-21(3)10-16-26/h6-16,18,27H,4-5,17,19-20H2,1-3H3,(H,32,36)/t27-/m1/s1. The van der Waals surface area contributed by atoms with Crippen molar-refractivity contribution in [2.45, 2.75) is 51.1 Å². The van der Waals surface area contributed by atoms with Gasteiger partial charge in [-0.05, 0) is 67.8 Å². The summed E-state index contributed by atoms with van der Waals surface area (Å²) in [6, 6.07) is 17.9. The third kappa shape index (κ3) is 7.89. The van der Waals surface area contributed by atoms with Crippen LogP contribution in [0.2, 0.25) is 0 Å². The van der Waals surface area contributed by atoms with Gasteiger partial charge in [-0.1, -0.05) is 65.7 Å². The number of hydrogen-bond donors (Lipinski definition) is 1. The summed E-state index contributed by atoms with van der Waals surface area (Å²) in [5, 5.41) is 2.84. The number of amides is 2. The van der Waals surface area contributed by atoms with Crippen LogP contribution in [0.25, 0.3) is 0 Å². The first kappa shape index (κ1) is 30.3. The largest absolute Gasteiger partial charge is 0.354 e. The van der Waals surface area contributed by atoms with Gasteiger partial charge in [-0.15, -0.1) is 0 Å². The van der Waals surface area contributed by atoms with Crippen molar-refractivity contribution in [3.8, 4) is 0 Å². The first-order valence-electron chi connectivity index (χ1n) is 12.7. The van der Waals surface area contributed by atoms with Gasteiger partial charge in [-0.3, -0.25) is 13.9 Å². The minimum Gasteiger partial charge on any atom is -0.354 e. The molecule has 1 atom stereocenters. The van der Waals surface area contributed by atoms with E-state index in [0.717, 1.165) is 16.3 Å². The molecule has 0 saturated carbocycles. The third-order valence-electron chi connectivity index (χ3n) is 6.19. The first-order chi connectivity index (χ1) is 18.6. The molecule has 0 unspecified atom stereocenters. The molecular formula is C29H33BrFN3O4S. The van der Waals surface area contributed by atoms with Gasteiger partial charge >= 0.3 is 0 Å². The number of sulfonamides is 1. The Morgan fingerprint density at radius 3 is 2.26 bits per heavy atom. The molecule has 2 amide bonds. The fourth-order valence-electron chi connectivity index (χ4n) is 4.07. The average molecular weight is 619 g/mol. The molecule has 39 heavy (non-hydrogen) atoms. The smallest absolute Gasteiger partial charge is 0.264 e. The van der Waals surface area contributed by atoms with Crippen LogP contribution in [0, 0.1) is 12.7 Å². The van der Waals surface area contributed by atoms with Gasteiger partial charge in [0.25, 0.3) is 10.0 Å². The molecule has 0 bridgehead atoms. The van der Waals surface area contributed by atoms with Gasteiger partial charge in [-0.25, -0.2) is 12.8 Å². The van der Waals surface area contributed by atoms with Gasteiger partial charge in [0.05, 0.1) is 10.6 Å². The van der Waals surface area contributed by atoms with Crippen molar-refractivity contribution in [1.82, 2.24) is 10.2 Å². The van der Waals surface area contributed by atoms with Gasteiger partial charge in [-0.2, -0.15) is 0 Å². The summed E-state index contributed by atoms with van der Waals surface area (Å²) in [5.74, 6) is -1.31. The Kier molecular flexibility index (Phi) is 10.7. The van der Waals surface area contributed by atoms with Crippen LogP contribution in [0.1, 0.15) is 37.8 Å². The van der Waals surface area contributed by atoms with Crippen LogP contribution in [0.4, 0.5) is 10.1 Å². The lowest BCUT2D eigenvalue weighted by Crippen LogP contribution is -2.52. The fourth-order valence-corrected chi connectivity index (χ4v) is 5.86. The third-order valence-corrected chi connectivity index (χ3v) is 8.47. The second-order valence-electron chi connectivity index (χ2n) is 9.17. The van der Waals surface area contributed by atoms with Crippen LogP contribution in [-0.2, 0) is 26.2 Å². The molecule has 0 aromatic heterocycles. The first-order valence-corrected chi connectivity index (χ1v) is 15.0. The van der Waals surface area contributed by atoms with Gasteiger partial charge in [0.1, 0.15) is 18.4 Å². The highest BCUT2D eigenvalue weighted by Crippen LogP contribution is 2.27. The zero-order valence-electron chi connectivity index (χ0n) is 22.2. The van der Waals surface area contributed by atoms with Gasteiger partial charge in [0.15, 0.2) is 0 Å². The lowest BCUT2D eigenvalue weighted by atomic mass is 10.1. The lowest BCUT2D eigenvalue weighted by molar-refractivity contribution is -0.140. The maximum Gasteiger partial charge on any atom is 0.264 e. The molecule has 0 heterocycles. The molecule has 0 spiro atoms. The number of nitrogens with one attached hydrogen (secondary N) is 1. The summed E-state index contributed by atoms with van der Waals surface area (Å²) < 4.78 is 42.9. The summed E-state index contributed by atoms with van der Waals surface area (Å²) in [6.07, 6.45) is 1.03. The summed E-state index contributed by atoms with van der Waals surface area (Å²) in [7, 11) is -4.15. The SMILES string of the molecule is CCCNC(=O)[C@@H](CC)N(Cc1ccc(F)cc1)C(=O)CN(c1cccc(Br)c1)S(=O)(=O)c1ccc(C)cc1. The van der Waals surface area contributed by atoms with Crippen LogP contribution in [0.5, 0.6) is 0 Å². The molecule has 0 aliphatic rings. The minimum atomic E-state index is -4.15. The highest BCUT2D eigenvalue weighted by atomic mass is 79.9. The van der Waals surface area contributed by atoms with Crippen LogP contribution < -0.4 is 9.62 Å². The molecular weight excluding hydrogens is 585 g/mol. The number of carbonyl (C=O) groups excluding carboxylic acids is 2. The summed E-state index contributed by atoms with van der Waals surface area (Å²) in [6.45, 7) is 5.48. The lowest BCUT2D eigenvalue weighted by Gasteiger charge is -2.33. The maximum absolute atomic E-state index is 13.9. The number of halogens is 2. The number of nitrogens with zero attached hydrogens (tertiary/aromatic N) is 2. The second-order valence-corrected chi connectivity index (χ2v) is 11.9. The van der Waals surface area contributed by atoms with Gasteiger partial charge in [0.2, 0.25) is 11.8 Å². The highest BCUT2D eigenvalue weighted by molar-refractivity contribution is 9.10. The number of anilines is 1. The van der Waals surface area contributed by atoms with Crippen LogP contribution in [0.15, 0.2) is 82.2 Å². The average Bonchev–Trinajstić information content (AvgIpc) is 2.91. The monoisotopic (exact) mass is 617 g/mol. The molecule has 0 saturated heterocycles. The topological polar surface area (TPSA) is 86.8 Å². The molecule has 10 heteroatoms. The highest BCUT2D eigenvalue weighted by Gasteiger charge is 2.33. The van der Waals surface area contributed by atoms with Crippen molar-refractivity contribution in [1.29, 1.82) is 0 Å². The molecule has 7 nitrogen and oxygen atoms in total. The summed E-state index contributed by atoms with van der Waals surface area (Å²) >= 11 is 3.39. The zero-order chi connectivity index (χ0) is 28.6. The molecule has 1 N–H and O–H groups in total. The normalized spacial score (nSPS) is 12.0. The molecule has 0 aliphatic carbocycles. The van der Waals surface area contributed by atoms with E-state index in [0.29, 0.717) is 28.7 Å². The molecule has 0 fully saturated rings. The predicted molar refractivity (Wildman–Crippen MR) is 154 cm³/mol. The molecule has 0 aliphatic heterocycles. The van der Waals surface area contributed by atoms with E-state index in [9.17, 15) is 22.4 Å². The van der Waals surface area contributed by atoms with E-state index in [2.05, 4.69) is 21.2 Å². The van der Waals surface area contributed by atoms with E-state index in [1.54, 1.807) is 55.5 Å². The van der Waals surface area contributed by atoms with Gasteiger partial charge < -0.3 is 10.2 Å².